The summed E-state index contributed by atoms with van der Waals surface area (Å²) in [5, 5.41) is 2.58. The fourth-order valence-electron chi connectivity index (χ4n) is 2.62. The van der Waals surface area contributed by atoms with E-state index in [1.807, 2.05) is 0 Å². The minimum Gasteiger partial charge on any atom is -0.394 e. The van der Waals surface area contributed by atoms with Crippen LogP contribution in [0.25, 0.3) is 11.1 Å². The van der Waals surface area contributed by atoms with Crippen LogP contribution in [0.5, 0.6) is 6.01 Å². The third kappa shape index (κ3) is 4.03. The highest BCUT2D eigenvalue weighted by atomic mass is 19.4. The lowest BCUT2D eigenvalue weighted by Crippen LogP contribution is -2.13. The first-order chi connectivity index (χ1) is 13.3. The van der Waals surface area contributed by atoms with Crippen molar-refractivity contribution in [2.24, 2.45) is 7.05 Å². The van der Waals surface area contributed by atoms with Crippen molar-refractivity contribution in [1.82, 2.24) is 9.55 Å². The van der Waals surface area contributed by atoms with Crippen LogP contribution in [0, 0.1) is 0 Å². The Morgan fingerprint density at radius 2 is 1.82 bits per heavy atom. The van der Waals surface area contributed by atoms with Crippen molar-refractivity contribution in [1.29, 1.82) is 0 Å². The van der Waals surface area contributed by atoms with Crippen LogP contribution in [0.3, 0.4) is 0 Å². The van der Waals surface area contributed by atoms with E-state index in [0.29, 0.717) is 11.1 Å². The summed E-state index contributed by atoms with van der Waals surface area (Å²) in [7, 11) is 1.58. The van der Waals surface area contributed by atoms with E-state index < -0.39 is 17.6 Å². The van der Waals surface area contributed by atoms with Crippen LogP contribution in [-0.4, -0.2) is 21.9 Å². The second kappa shape index (κ2) is 7.55. The summed E-state index contributed by atoms with van der Waals surface area (Å²) in [5.74, 6) is -0.349. The van der Waals surface area contributed by atoms with E-state index in [4.69, 9.17) is 0 Å². The van der Waals surface area contributed by atoms with Crippen molar-refractivity contribution < 1.29 is 27.5 Å². The van der Waals surface area contributed by atoms with Gasteiger partial charge in [-0.25, -0.2) is 0 Å². The second-order valence-corrected chi connectivity index (χ2v) is 5.81. The quantitative estimate of drug-likeness (QED) is 0.672. The minimum absolute atomic E-state index is 0.00123. The van der Waals surface area contributed by atoms with Crippen LogP contribution in [0.4, 0.5) is 19.0 Å². The molecular formula is C19H14F3N3O3. The van der Waals surface area contributed by atoms with Gasteiger partial charge in [-0.05, 0) is 29.3 Å². The molecule has 1 aromatic heterocycles. The van der Waals surface area contributed by atoms with Crippen molar-refractivity contribution >= 4 is 18.2 Å². The summed E-state index contributed by atoms with van der Waals surface area (Å²) in [6.07, 6.45) is -2.98. The molecule has 144 valence electrons. The van der Waals surface area contributed by atoms with Crippen molar-refractivity contribution in [2.45, 2.75) is 6.18 Å². The summed E-state index contributed by atoms with van der Waals surface area (Å²) in [6.45, 7) is 0.216. The second-order valence-electron chi connectivity index (χ2n) is 5.81. The predicted octanol–water partition coefficient (Wildman–Crippen LogP) is 3.89. The normalized spacial score (nSPS) is 11.1. The largest absolute Gasteiger partial charge is 0.416 e. The molecule has 6 nitrogen and oxygen atoms in total. The molecule has 0 spiro atoms. The predicted molar refractivity (Wildman–Crippen MR) is 94.7 cm³/mol. The highest BCUT2D eigenvalue weighted by molar-refractivity contribution is 6.08. The van der Waals surface area contributed by atoms with E-state index in [2.05, 4.69) is 15.0 Å². The lowest BCUT2D eigenvalue weighted by atomic mass is 9.98. The van der Waals surface area contributed by atoms with Gasteiger partial charge < -0.3 is 14.6 Å². The number of amides is 1. The first-order valence-electron chi connectivity index (χ1n) is 8.01. The minimum atomic E-state index is -4.43. The van der Waals surface area contributed by atoms with Crippen LogP contribution in [-0.2, 0) is 18.0 Å². The molecule has 0 atom stereocenters. The Labute approximate surface area is 157 Å². The smallest absolute Gasteiger partial charge is 0.394 e. The molecular weight excluding hydrogens is 375 g/mol. The molecule has 0 bridgehead atoms. The molecule has 0 aliphatic rings. The molecule has 3 rings (SSSR count). The van der Waals surface area contributed by atoms with Crippen LogP contribution < -0.4 is 10.1 Å². The SMILES string of the molecule is Cn1cc(NC(=O)c2ccccc2-c2ccc(C(F)(F)F)cc2)nc1OC=O. The van der Waals surface area contributed by atoms with E-state index in [0.717, 1.165) is 12.1 Å². The van der Waals surface area contributed by atoms with Crippen LogP contribution in [0.2, 0.25) is 0 Å². The molecule has 2 aromatic carbocycles. The Morgan fingerprint density at radius 3 is 2.46 bits per heavy atom. The molecule has 0 saturated heterocycles. The van der Waals surface area contributed by atoms with Crippen LogP contribution >= 0.6 is 0 Å². The standard InChI is InChI=1S/C19H14F3N3O3/c1-25-10-16(24-18(25)28-11-26)23-17(27)15-5-3-2-4-14(15)12-6-8-13(9-7-12)19(20,21)22/h2-11H,1H3,(H,23,27). The average Bonchev–Trinajstić information content (AvgIpc) is 3.00. The summed E-state index contributed by atoms with van der Waals surface area (Å²) in [5.41, 5.74) is 0.416. The average molecular weight is 389 g/mol. The highest BCUT2D eigenvalue weighted by Gasteiger charge is 2.30. The highest BCUT2D eigenvalue weighted by Crippen LogP contribution is 2.32. The van der Waals surface area contributed by atoms with Crippen molar-refractivity contribution in [3.8, 4) is 17.1 Å². The first kappa shape index (κ1) is 19.2. The summed E-state index contributed by atoms with van der Waals surface area (Å²) in [6, 6.07) is 11.1. The fraction of sp³-hybridized carbons (Fsp3) is 0.105. The molecule has 1 amide bonds. The maximum atomic E-state index is 12.8. The number of rotatable bonds is 5. The number of halogens is 3. The van der Waals surface area contributed by atoms with Gasteiger partial charge in [-0.3, -0.25) is 9.59 Å². The van der Waals surface area contributed by atoms with Crippen molar-refractivity contribution in [2.75, 3.05) is 5.32 Å². The van der Waals surface area contributed by atoms with Gasteiger partial charge in [0.05, 0.1) is 11.8 Å². The van der Waals surface area contributed by atoms with Gasteiger partial charge in [0.1, 0.15) is 0 Å². The number of hydrogen-bond donors (Lipinski definition) is 1. The van der Waals surface area contributed by atoms with Gasteiger partial charge in [-0.1, -0.05) is 30.3 Å². The number of carbonyl (C=O) groups is 2. The zero-order valence-electron chi connectivity index (χ0n) is 14.5. The molecule has 0 unspecified atom stereocenters. The lowest BCUT2D eigenvalue weighted by Gasteiger charge is -2.11. The van der Waals surface area contributed by atoms with E-state index in [1.165, 1.54) is 22.9 Å². The van der Waals surface area contributed by atoms with Gasteiger partial charge in [0.2, 0.25) is 0 Å². The number of alkyl halides is 3. The number of benzene rings is 2. The number of nitrogens with one attached hydrogen (secondary N) is 1. The molecule has 0 radical (unpaired) electrons. The number of nitrogens with zero attached hydrogens (tertiary/aromatic N) is 2. The van der Waals surface area contributed by atoms with Gasteiger partial charge in [0.15, 0.2) is 5.82 Å². The van der Waals surface area contributed by atoms with E-state index in [1.54, 1.807) is 31.3 Å². The number of hydrogen-bond acceptors (Lipinski definition) is 4. The summed E-state index contributed by atoms with van der Waals surface area (Å²) in [4.78, 5) is 27.1. The maximum Gasteiger partial charge on any atom is 0.416 e. The number of ether oxygens (including phenoxy) is 1. The third-order valence-electron chi connectivity index (χ3n) is 3.92. The van der Waals surface area contributed by atoms with E-state index in [9.17, 15) is 22.8 Å². The first-order valence-corrected chi connectivity index (χ1v) is 8.01. The van der Waals surface area contributed by atoms with Crippen molar-refractivity contribution in [3.05, 3.63) is 65.9 Å². The van der Waals surface area contributed by atoms with Gasteiger partial charge in [-0.2, -0.15) is 18.2 Å². The van der Waals surface area contributed by atoms with Gasteiger partial charge in [0.25, 0.3) is 5.91 Å². The maximum absolute atomic E-state index is 12.8. The van der Waals surface area contributed by atoms with Crippen LogP contribution in [0.15, 0.2) is 54.7 Å². The lowest BCUT2D eigenvalue weighted by molar-refractivity contribution is -0.137. The van der Waals surface area contributed by atoms with Gasteiger partial charge >= 0.3 is 18.7 Å². The Bertz CT molecular complexity index is 1010. The molecule has 9 heteroatoms. The molecule has 3 aromatic rings. The zero-order chi connectivity index (χ0) is 20.3. The molecule has 0 aliphatic carbocycles. The zero-order valence-corrected chi connectivity index (χ0v) is 14.5. The molecule has 0 aliphatic heterocycles. The van der Waals surface area contributed by atoms with Gasteiger partial charge in [-0.15, -0.1) is 0 Å². The number of aryl methyl sites for hydroxylation is 1. The summed E-state index contributed by atoms with van der Waals surface area (Å²) >= 11 is 0. The Morgan fingerprint density at radius 1 is 1.14 bits per heavy atom. The van der Waals surface area contributed by atoms with E-state index >= 15 is 0 Å². The molecule has 1 heterocycles. The number of carbonyl (C=O) groups excluding carboxylic acids is 2. The van der Waals surface area contributed by atoms with E-state index in [-0.39, 0.29) is 23.9 Å². The molecule has 28 heavy (non-hydrogen) atoms. The monoisotopic (exact) mass is 389 g/mol. The Hall–Kier alpha value is -3.62. The fourth-order valence-corrected chi connectivity index (χ4v) is 2.62. The Kier molecular flexibility index (Phi) is 5.16. The molecule has 0 saturated carbocycles. The molecule has 0 fully saturated rings. The third-order valence-corrected chi connectivity index (χ3v) is 3.92. The Balaban J connectivity index is 1.88. The number of imidazole rings is 1. The summed E-state index contributed by atoms with van der Waals surface area (Å²) < 4.78 is 44.3. The number of anilines is 1. The number of aromatic nitrogens is 2. The van der Waals surface area contributed by atoms with Gasteiger partial charge in [0, 0.05) is 12.6 Å². The van der Waals surface area contributed by atoms with Crippen LogP contribution in [0.1, 0.15) is 15.9 Å². The topological polar surface area (TPSA) is 73.2 Å². The van der Waals surface area contributed by atoms with Crippen molar-refractivity contribution in [3.63, 3.8) is 0 Å². The molecule has 1 N–H and O–H groups in total.